The molecule has 7 nitrogen and oxygen atoms in total. The number of nitrogens with zero attached hydrogens (tertiary/aromatic N) is 3. The Morgan fingerprint density at radius 1 is 0.932 bits per heavy atom. The molecule has 0 bridgehead atoms. The van der Waals surface area contributed by atoms with Crippen molar-refractivity contribution in [3.05, 3.63) is 58.7 Å². The average molecular weight is 623 g/mol. The van der Waals surface area contributed by atoms with E-state index in [1.54, 1.807) is 28.4 Å². The number of anilines is 2. The third-order valence-electron chi connectivity index (χ3n) is 8.92. The van der Waals surface area contributed by atoms with Crippen molar-refractivity contribution in [2.75, 3.05) is 55.8 Å². The average Bonchev–Trinajstić information content (AvgIpc) is 3.51. The highest BCUT2D eigenvalue weighted by Crippen LogP contribution is 2.33. The number of ether oxygens (including phenoxy) is 1. The van der Waals surface area contributed by atoms with Crippen LogP contribution in [0, 0.1) is 5.82 Å². The number of fused-ring (bicyclic) bond motifs is 2. The third kappa shape index (κ3) is 8.72. The van der Waals surface area contributed by atoms with Gasteiger partial charge in [-0.1, -0.05) is 64.0 Å². The molecule has 2 aliphatic rings. The van der Waals surface area contributed by atoms with Gasteiger partial charge in [0.2, 0.25) is 5.91 Å². The molecule has 2 aliphatic heterocycles. The first kappa shape index (κ1) is 32.2. The Hall–Kier alpha value is -3.17. The second-order valence-corrected chi connectivity index (χ2v) is 13.0. The summed E-state index contributed by atoms with van der Waals surface area (Å²) in [5, 5.41) is 5.99. The van der Waals surface area contributed by atoms with Gasteiger partial charge in [0, 0.05) is 61.5 Å². The molecule has 1 N–H and O–H groups in total. The highest BCUT2D eigenvalue weighted by Gasteiger charge is 2.26. The first-order valence-electron chi connectivity index (χ1n) is 16.5. The van der Waals surface area contributed by atoms with Gasteiger partial charge in [-0.2, -0.15) is 0 Å². The second-order valence-electron chi connectivity index (χ2n) is 12.1. The second kappa shape index (κ2) is 16.2. The van der Waals surface area contributed by atoms with Gasteiger partial charge in [0.1, 0.15) is 5.82 Å². The maximum absolute atomic E-state index is 14.2. The molecule has 1 fully saturated rings. The molecule has 0 radical (unpaired) electrons. The van der Waals surface area contributed by atoms with E-state index in [0.29, 0.717) is 19.4 Å². The Kier molecular flexibility index (Phi) is 11.9. The van der Waals surface area contributed by atoms with Crippen molar-refractivity contribution < 1.29 is 18.7 Å². The number of thiophene rings is 1. The summed E-state index contributed by atoms with van der Waals surface area (Å²) in [5.41, 5.74) is 4.12. The van der Waals surface area contributed by atoms with E-state index in [2.05, 4.69) is 46.3 Å². The highest BCUT2D eigenvalue weighted by molar-refractivity contribution is 7.17. The molecule has 0 atom stereocenters. The molecule has 0 aliphatic carbocycles. The van der Waals surface area contributed by atoms with Gasteiger partial charge in [-0.25, -0.2) is 9.18 Å². The van der Waals surface area contributed by atoms with E-state index in [1.807, 2.05) is 5.38 Å². The normalized spacial score (nSPS) is 15.5. The van der Waals surface area contributed by atoms with Crippen molar-refractivity contribution in [1.82, 2.24) is 10.2 Å². The Balaban J connectivity index is 1.06. The van der Waals surface area contributed by atoms with Crippen molar-refractivity contribution in [1.29, 1.82) is 0 Å². The number of benzene rings is 2. The summed E-state index contributed by atoms with van der Waals surface area (Å²) in [7, 11) is 0. The molecule has 2 amide bonds. The smallest absolute Gasteiger partial charge is 0.408 e. The van der Waals surface area contributed by atoms with E-state index < -0.39 is 6.09 Å². The summed E-state index contributed by atoms with van der Waals surface area (Å²) in [4.78, 5) is 31.5. The molecule has 3 aromatic rings. The Bertz CT molecular complexity index is 1390. The van der Waals surface area contributed by atoms with Crippen molar-refractivity contribution in [2.24, 2.45) is 0 Å². The number of hydrogen-bond donors (Lipinski definition) is 1. The minimum atomic E-state index is -0.471. The summed E-state index contributed by atoms with van der Waals surface area (Å²) >= 11 is 1.58. The van der Waals surface area contributed by atoms with Crippen molar-refractivity contribution in [3.63, 3.8) is 0 Å². The Morgan fingerprint density at radius 3 is 2.50 bits per heavy atom. The summed E-state index contributed by atoms with van der Waals surface area (Å²) in [6.07, 6.45) is 11.2. The quantitative estimate of drug-likeness (QED) is 0.178. The number of unbranched alkanes of at least 4 members (excludes halogenated alkanes) is 7. The molecule has 1 saturated heterocycles. The Morgan fingerprint density at radius 2 is 1.70 bits per heavy atom. The molecule has 44 heavy (non-hydrogen) atoms. The van der Waals surface area contributed by atoms with Gasteiger partial charge in [-0.05, 0) is 60.0 Å². The number of piperazine rings is 1. The van der Waals surface area contributed by atoms with E-state index in [9.17, 15) is 14.0 Å². The molecule has 5 rings (SSSR count). The third-order valence-corrected chi connectivity index (χ3v) is 9.78. The van der Waals surface area contributed by atoms with Crippen LogP contribution in [0.2, 0.25) is 0 Å². The van der Waals surface area contributed by atoms with Crippen LogP contribution < -0.4 is 15.1 Å². The molecule has 0 spiro atoms. The lowest BCUT2D eigenvalue weighted by atomic mass is 9.98. The molecule has 2 aromatic carbocycles. The molecule has 0 unspecified atom stereocenters. The van der Waals surface area contributed by atoms with Crippen LogP contribution in [-0.2, 0) is 22.4 Å². The summed E-state index contributed by atoms with van der Waals surface area (Å²) < 4.78 is 20.7. The van der Waals surface area contributed by atoms with Crippen LogP contribution in [0.25, 0.3) is 10.1 Å². The lowest BCUT2D eigenvalue weighted by molar-refractivity contribution is -0.119. The lowest BCUT2D eigenvalue weighted by Gasteiger charge is -2.36. The minimum absolute atomic E-state index is 0.0151. The largest absolute Gasteiger partial charge is 0.428 e. The number of alkyl carbamates (subject to hydrolysis) is 1. The van der Waals surface area contributed by atoms with Gasteiger partial charge in [0.25, 0.3) is 0 Å². The first-order chi connectivity index (χ1) is 21.5. The van der Waals surface area contributed by atoms with Crippen LogP contribution in [0.1, 0.15) is 75.8 Å². The number of carbonyl (C=O) groups is 2. The maximum atomic E-state index is 14.2. The van der Waals surface area contributed by atoms with Gasteiger partial charge < -0.3 is 15.0 Å². The topological polar surface area (TPSA) is 65.1 Å². The maximum Gasteiger partial charge on any atom is 0.408 e. The molecule has 238 valence electrons. The molecular weight excluding hydrogens is 575 g/mol. The summed E-state index contributed by atoms with van der Waals surface area (Å²) in [6, 6.07) is 11.7. The number of halogens is 1. The monoisotopic (exact) mass is 622 g/mol. The summed E-state index contributed by atoms with van der Waals surface area (Å²) in [6.45, 7) is 7.22. The zero-order chi connectivity index (χ0) is 30.7. The number of carbonyl (C=O) groups excluding carboxylic acids is 2. The van der Waals surface area contributed by atoms with E-state index in [4.69, 9.17) is 4.74 Å². The number of amides is 2. The summed E-state index contributed by atoms with van der Waals surface area (Å²) in [5.74, 6) is -0.194. The van der Waals surface area contributed by atoms with Crippen LogP contribution in [0.15, 0.2) is 41.8 Å². The Labute approximate surface area is 265 Å². The molecule has 1 aromatic heterocycles. The number of aryl methyl sites for hydroxylation is 1. The number of rotatable bonds is 15. The van der Waals surface area contributed by atoms with Crippen LogP contribution in [0.4, 0.5) is 20.6 Å². The lowest BCUT2D eigenvalue weighted by Crippen LogP contribution is -2.47. The standard InChI is InChI=1S/C35H47FN4O3S/c1-2-3-4-5-6-7-8-9-16-37-35(42)43-26-40-31-23-27(10-11-28(31)12-13-34(40)41)14-17-38-18-20-39(21-19-38)32-24-29(36)25-33-30(32)15-22-44-33/h10-11,15,22-25H,2-9,12-14,16-21,26H2,1H3,(H,37,42). The van der Waals surface area contributed by atoms with Crippen LogP contribution in [0.3, 0.4) is 0 Å². The van der Waals surface area contributed by atoms with Gasteiger partial charge in [0.05, 0.1) is 5.69 Å². The van der Waals surface area contributed by atoms with Gasteiger partial charge in [0.15, 0.2) is 6.73 Å². The zero-order valence-electron chi connectivity index (χ0n) is 26.1. The number of hydrogen-bond acceptors (Lipinski definition) is 6. The molecule has 3 heterocycles. The fourth-order valence-corrected chi connectivity index (χ4v) is 7.12. The number of nitrogens with one attached hydrogen (secondary N) is 1. The van der Waals surface area contributed by atoms with Crippen molar-refractivity contribution in [2.45, 2.75) is 77.6 Å². The molecule has 0 saturated carbocycles. The highest BCUT2D eigenvalue weighted by atomic mass is 32.1. The van der Waals surface area contributed by atoms with E-state index in [0.717, 1.165) is 84.6 Å². The van der Waals surface area contributed by atoms with Crippen LogP contribution in [0.5, 0.6) is 0 Å². The van der Waals surface area contributed by atoms with Gasteiger partial charge in [-0.15, -0.1) is 11.3 Å². The zero-order valence-corrected chi connectivity index (χ0v) is 26.9. The van der Waals surface area contributed by atoms with Crippen molar-refractivity contribution in [3.8, 4) is 0 Å². The van der Waals surface area contributed by atoms with Gasteiger partial charge in [-0.3, -0.25) is 14.6 Å². The first-order valence-corrected chi connectivity index (χ1v) is 17.4. The van der Waals surface area contributed by atoms with Crippen molar-refractivity contribution >= 4 is 44.8 Å². The molecular formula is C35H47FN4O3S. The van der Waals surface area contributed by atoms with Crippen LogP contribution >= 0.6 is 11.3 Å². The van der Waals surface area contributed by atoms with E-state index in [1.165, 1.54) is 38.5 Å². The SMILES string of the molecule is CCCCCCCCCCNC(=O)OCN1C(=O)CCc2ccc(CCN3CCN(c4cc(F)cc5sccc45)CC3)cc21. The van der Waals surface area contributed by atoms with E-state index in [-0.39, 0.29) is 18.5 Å². The van der Waals surface area contributed by atoms with E-state index >= 15 is 0 Å². The van der Waals surface area contributed by atoms with Crippen LogP contribution in [-0.4, -0.2) is 62.9 Å². The van der Waals surface area contributed by atoms with Gasteiger partial charge >= 0.3 is 6.09 Å². The molecule has 9 heteroatoms. The predicted molar refractivity (Wildman–Crippen MR) is 178 cm³/mol. The predicted octanol–water partition coefficient (Wildman–Crippen LogP) is 7.51. The minimum Gasteiger partial charge on any atom is -0.428 e. The fourth-order valence-electron chi connectivity index (χ4n) is 6.28. The fraction of sp³-hybridized carbons (Fsp3) is 0.543.